The molecule has 2 bridgehead atoms. The van der Waals surface area contributed by atoms with Gasteiger partial charge in [0.05, 0.1) is 12.4 Å². The predicted molar refractivity (Wildman–Crippen MR) is 53.5 cm³/mol. The highest BCUT2D eigenvalue weighted by atomic mass is 16.5. The van der Waals surface area contributed by atoms with Crippen LogP contribution in [0.3, 0.4) is 0 Å². The third-order valence-electron chi connectivity index (χ3n) is 3.01. The van der Waals surface area contributed by atoms with E-state index in [1.54, 1.807) is 0 Å². The van der Waals surface area contributed by atoms with Crippen molar-refractivity contribution in [1.82, 2.24) is 0 Å². The lowest BCUT2D eigenvalue weighted by molar-refractivity contribution is 0.179. The molecule has 76 valence electrons. The Morgan fingerprint density at radius 3 is 3.14 bits per heavy atom. The van der Waals surface area contributed by atoms with E-state index in [-0.39, 0.29) is 0 Å². The largest absolute Gasteiger partial charge is 0.498 e. The molecule has 0 heterocycles. The number of fused-ring (bicyclic) bond motifs is 2. The topological polar surface area (TPSA) is 58.0 Å². The van der Waals surface area contributed by atoms with Crippen molar-refractivity contribution in [2.24, 2.45) is 17.0 Å². The molecule has 0 N–H and O–H groups in total. The number of hydrogen-bond donors (Lipinski definition) is 0. The number of ether oxygens (including phenoxy) is 1. The van der Waals surface area contributed by atoms with E-state index in [0.29, 0.717) is 19.1 Å². The van der Waals surface area contributed by atoms with Crippen LogP contribution in [0.25, 0.3) is 10.4 Å². The van der Waals surface area contributed by atoms with Gasteiger partial charge in [0, 0.05) is 17.4 Å². The van der Waals surface area contributed by atoms with E-state index in [1.807, 2.05) is 0 Å². The molecule has 0 aromatic carbocycles. The van der Waals surface area contributed by atoms with Crippen LogP contribution in [0, 0.1) is 11.8 Å². The van der Waals surface area contributed by atoms with Gasteiger partial charge in [-0.2, -0.15) is 0 Å². The van der Waals surface area contributed by atoms with Gasteiger partial charge < -0.3 is 4.74 Å². The van der Waals surface area contributed by atoms with Crippen LogP contribution in [-0.4, -0.2) is 13.2 Å². The first-order valence-corrected chi connectivity index (χ1v) is 5.25. The zero-order valence-electron chi connectivity index (χ0n) is 8.22. The molecule has 2 unspecified atom stereocenters. The molecule has 1 saturated carbocycles. The van der Waals surface area contributed by atoms with Gasteiger partial charge in [0.15, 0.2) is 0 Å². The summed E-state index contributed by atoms with van der Waals surface area (Å²) in [4.78, 5) is 2.70. The van der Waals surface area contributed by atoms with Crippen molar-refractivity contribution >= 4 is 0 Å². The first kappa shape index (κ1) is 9.41. The molecule has 2 atom stereocenters. The average molecular weight is 193 g/mol. The van der Waals surface area contributed by atoms with Gasteiger partial charge in [-0.1, -0.05) is 5.11 Å². The molecular formula is C10H15N3O. The summed E-state index contributed by atoms with van der Waals surface area (Å²) < 4.78 is 5.66. The van der Waals surface area contributed by atoms with Gasteiger partial charge in [-0.15, -0.1) is 0 Å². The second-order valence-corrected chi connectivity index (χ2v) is 4.00. The highest BCUT2D eigenvalue weighted by Crippen LogP contribution is 2.43. The van der Waals surface area contributed by atoms with Crippen LogP contribution in [0.1, 0.15) is 25.7 Å². The van der Waals surface area contributed by atoms with Gasteiger partial charge in [-0.05, 0) is 43.2 Å². The lowest BCUT2D eigenvalue weighted by Gasteiger charge is -2.14. The summed E-state index contributed by atoms with van der Waals surface area (Å²) in [5, 5.41) is 3.46. The molecule has 4 nitrogen and oxygen atoms in total. The van der Waals surface area contributed by atoms with E-state index in [4.69, 9.17) is 10.3 Å². The summed E-state index contributed by atoms with van der Waals surface area (Å²) in [6.07, 6.45) is 7.04. The van der Waals surface area contributed by atoms with Crippen molar-refractivity contribution in [3.63, 3.8) is 0 Å². The molecular weight excluding hydrogens is 178 g/mol. The fourth-order valence-corrected chi connectivity index (χ4v) is 2.33. The van der Waals surface area contributed by atoms with Gasteiger partial charge in [-0.3, -0.25) is 0 Å². The van der Waals surface area contributed by atoms with Crippen LogP contribution in [-0.2, 0) is 4.74 Å². The zero-order chi connectivity index (χ0) is 9.80. The Labute approximate surface area is 83.6 Å². The molecule has 4 heteroatoms. The molecule has 0 aromatic heterocycles. The fourth-order valence-electron chi connectivity index (χ4n) is 2.33. The number of azide groups is 1. The van der Waals surface area contributed by atoms with Crippen molar-refractivity contribution in [2.45, 2.75) is 25.7 Å². The van der Waals surface area contributed by atoms with Gasteiger partial charge in [-0.25, -0.2) is 0 Å². The zero-order valence-corrected chi connectivity index (χ0v) is 8.22. The summed E-state index contributed by atoms with van der Waals surface area (Å²) in [5.41, 5.74) is 8.07. The standard InChI is InChI=1S/C10H15N3O/c11-13-12-4-1-5-14-10-7-8-2-3-9(10)6-8/h7-9H,1-6H2. The normalized spacial score (nSPS) is 28.4. The molecule has 1 fully saturated rings. The Kier molecular flexibility index (Phi) is 2.94. The van der Waals surface area contributed by atoms with E-state index >= 15 is 0 Å². The van der Waals surface area contributed by atoms with E-state index in [1.165, 1.54) is 25.0 Å². The SMILES string of the molecule is [N-]=[N+]=NCCCOC1=CC2CCC1C2. The lowest BCUT2D eigenvalue weighted by atomic mass is 10.1. The lowest BCUT2D eigenvalue weighted by Crippen LogP contribution is -2.03. The van der Waals surface area contributed by atoms with Crippen molar-refractivity contribution in [1.29, 1.82) is 0 Å². The van der Waals surface area contributed by atoms with Crippen molar-refractivity contribution in [3.8, 4) is 0 Å². The van der Waals surface area contributed by atoms with Crippen molar-refractivity contribution < 1.29 is 4.74 Å². The van der Waals surface area contributed by atoms with E-state index in [9.17, 15) is 0 Å². The van der Waals surface area contributed by atoms with Crippen molar-refractivity contribution in [3.05, 3.63) is 22.3 Å². The average Bonchev–Trinajstić information content (AvgIpc) is 2.79. The molecule has 0 aliphatic heterocycles. The van der Waals surface area contributed by atoms with Gasteiger partial charge in [0.25, 0.3) is 0 Å². The highest BCUT2D eigenvalue weighted by Gasteiger charge is 2.33. The van der Waals surface area contributed by atoms with Crippen LogP contribution in [0.4, 0.5) is 0 Å². The van der Waals surface area contributed by atoms with Crippen LogP contribution >= 0.6 is 0 Å². The maximum absolute atomic E-state index is 8.07. The van der Waals surface area contributed by atoms with Crippen LogP contribution in [0.2, 0.25) is 0 Å². The van der Waals surface area contributed by atoms with Crippen LogP contribution < -0.4 is 0 Å². The monoisotopic (exact) mass is 193 g/mol. The quantitative estimate of drug-likeness (QED) is 0.286. The number of nitrogens with zero attached hydrogens (tertiary/aromatic N) is 3. The van der Waals surface area contributed by atoms with Gasteiger partial charge in [0.2, 0.25) is 0 Å². The number of hydrogen-bond acceptors (Lipinski definition) is 2. The molecule has 0 spiro atoms. The maximum atomic E-state index is 8.07. The van der Waals surface area contributed by atoms with E-state index < -0.39 is 0 Å². The summed E-state index contributed by atoms with van der Waals surface area (Å²) in [7, 11) is 0. The Morgan fingerprint density at radius 2 is 2.50 bits per heavy atom. The molecule has 0 saturated heterocycles. The number of allylic oxidation sites excluding steroid dienone is 2. The molecule has 0 radical (unpaired) electrons. The summed E-state index contributed by atoms with van der Waals surface area (Å²) in [6.45, 7) is 1.23. The van der Waals surface area contributed by atoms with E-state index in [2.05, 4.69) is 16.1 Å². The minimum absolute atomic E-state index is 0.540. The number of rotatable bonds is 5. The third kappa shape index (κ3) is 2.02. The smallest absolute Gasteiger partial charge is 0.0953 e. The van der Waals surface area contributed by atoms with Crippen LogP contribution in [0.15, 0.2) is 16.9 Å². The molecule has 14 heavy (non-hydrogen) atoms. The third-order valence-corrected chi connectivity index (χ3v) is 3.01. The molecule has 2 rings (SSSR count). The molecule has 2 aliphatic rings. The summed E-state index contributed by atoms with van der Waals surface area (Å²) >= 11 is 0. The Hall–Kier alpha value is -1.15. The highest BCUT2D eigenvalue weighted by molar-refractivity contribution is 5.13. The first-order valence-electron chi connectivity index (χ1n) is 5.25. The van der Waals surface area contributed by atoms with Crippen LogP contribution in [0.5, 0.6) is 0 Å². The second kappa shape index (κ2) is 4.38. The van der Waals surface area contributed by atoms with Gasteiger partial charge in [0.1, 0.15) is 0 Å². The van der Waals surface area contributed by atoms with E-state index in [0.717, 1.165) is 12.3 Å². The minimum atomic E-state index is 0.540. The second-order valence-electron chi connectivity index (χ2n) is 4.00. The minimum Gasteiger partial charge on any atom is -0.498 e. The first-order chi connectivity index (χ1) is 6.90. The summed E-state index contributed by atoms with van der Waals surface area (Å²) in [5.74, 6) is 2.67. The van der Waals surface area contributed by atoms with Crippen molar-refractivity contribution in [2.75, 3.05) is 13.2 Å². The molecule has 0 amide bonds. The Morgan fingerprint density at radius 1 is 1.57 bits per heavy atom. The Bertz CT molecular complexity index is 281. The fraction of sp³-hybridized carbons (Fsp3) is 0.800. The Balaban J connectivity index is 1.67. The van der Waals surface area contributed by atoms with Gasteiger partial charge >= 0.3 is 0 Å². The molecule has 0 aromatic rings. The summed E-state index contributed by atoms with van der Waals surface area (Å²) in [6, 6.07) is 0. The molecule has 2 aliphatic carbocycles. The predicted octanol–water partition coefficient (Wildman–Crippen LogP) is 3.02. The maximum Gasteiger partial charge on any atom is 0.0953 e.